The Kier molecular flexibility index (Phi) is 6.82. The predicted molar refractivity (Wildman–Crippen MR) is 129 cm³/mol. The van der Waals surface area contributed by atoms with Gasteiger partial charge in [0, 0.05) is 29.8 Å². The van der Waals surface area contributed by atoms with Crippen molar-refractivity contribution in [1.29, 1.82) is 0 Å². The Morgan fingerprint density at radius 3 is 2.25 bits per heavy atom. The van der Waals surface area contributed by atoms with Crippen LogP contribution in [0.1, 0.15) is 47.2 Å². The lowest BCUT2D eigenvalue weighted by Gasteiger charge is -2.41. The van der Waals surface area contributed by atoms with Gasteiger partial charge in [-0.3, -0.25) is 19.3 Å². The van der Waals surface area contributed by atoms with E-state index in [9.17, 15) is 27.6 Å². The third kappa shape index (κ3) is 4.76. The summed E-state index contributed by atoms with van der Waals surface area (Å²) in [5.74, 6) is -3.21. The van der Waals surface area contributed by atoms with E-state index >= 15 is 0 Å². The van der Waals surface area contributed by atoms with E-state index < -0.39 is 23.5 Å². The van der Waals surface area contributed by atoms with Gasteiger partial charge in [0.2, 0.25) is 5.91 Å². The van der Waals surface area contributed by atoms with Crippen molar-refractivity contribution in [1.82, 2.24) is 9.80 Å². The first kappa shape index (κ1) is 24.8. The lowest BCUT2D eigenvalue weighted by atomic mass is 9.82. The molecule has 6 nitrogen and oxygen atoms in total. The van der Waals surface area contributed by atoms with Crippen LogP contribution in [-0.2, 0) is 17.8 Å². The molecule has 2 aromatic rings. The number of carbonyl (C=O) groups excluding carboxylic acids is 3. The Bertz CT molecular complexity index is 1180. The number of nitrogens with zero attached hydrogens (tertiary/aromatic N) is 2. The van der Waals surface area contributed by atoms with Crippen molar-refractivity contribution in [2.24, 2.45) is 11.7 Å². The molecule has 190 valence electrons. The molecule has 2 N–H and O–H groups in total. The molecule has 3 atom stereocenters. The number of rotatable bonds is 6. The zero-order chi connectivity index (χ0) is 25.6. The van der Waals surface area contributed by atoms with Gasteiger partial charge in [0.1, 0.15) is 5.82 Å². The van der Waals surface area contributed by atoms with E-state index in [0.717, 1.165) is 36.2 Å². The van der Waals surface area contributed by atoms with Crippen LogP contribution in [0.15, 0.2) is 36.4 Å². The smallest absolute Gasteiger partial charge is 0.289 e. The quantitative estimate of drug-likeness (QED) is 0.580. The summed E-state index contributed by atoms with van der Waals surface area (Å²) < 4.78 is 40.9. The monoisotopic (exact) mass is 517 g/mol. The fourth-order valence-electron chi connectivity index (χ4n) is 5.66. The topological polar surface area (TPSA) is 83.7 Å². The highest BCUT2D eigenvalue weighted by Gasteiger charge is 2.44. The summed E-state index contributed by atoms with van der Waals surface area (Å²) in [5.41, 5.74) is 7.75. The van der Waals surface area contributed by atoms with Gasteiger partial charge in [0.25, 0.3) is 11.1 Å². The first-order valence-electron chi connectivity index (χ1n) is 12.0. The zero-order valence-corrected chi connectivity index (χ0v) is 20.3. The molecule has 36 heavy (non-hydrogen) atoms. The molecular weight excluding hydrogens is 491 g/mol. The molecule has 2 aromatic carbocycles. The Labute approximate surface area is 211 Å². The van der Waals surface area contributed by atoms with Crippen LogP contribution >= 0.6 is 11.8 Å². The molecule has 0 aliphatic carbocycles. The Morgan fingerprint density at radius 2 is 1.64 bits per heavy atom. The van der Waals surface area contributed by atoms with Crippen molar-refractivity contribution in [2.75, 3.05) is 5.75 Å². The van der Waals surface area contributed by atoms with Gasteiger partial charge in [-0.25, -0.2) is 13.2 Å². The summed E-state index contributed by atoms with van der Waals surface area (Å²) in [6.07, 6.45) is 3.15. The van der Waals surface area contributed by atoms with Gasteiger partial charge in [-0.05, 0) is 67.3 Å². The second-order valence-electron chi connectivity index (χ2n) is 9.79. The summed E-state index contributed by atoms with van der Waals surface area (Å²) in [6, 6.07) is 7.98. The number of imide groups is 1. The largest absolute Gasteiger partial charge is 0.333 e. The van der Waals surface area contributed by atoms with Crippen molar-refractivity contribution in [3.05, 3.63) is 70.5 Å². The van der Waals surface area contributed by atoms with Crippen LogP contribution < -0.4 is 5.73 Å². The fraction of sp³-hybridized carbons (Fsp3) is 0.423. The van der Waals surface area contributed by atoms with E-state index in [1.807, 2.05) is 4.90 Å². The minimum absolute atomic E-state index is 0.0126. The van der Waals surface area contributed by atoms with Gasteiger partial charge in [-0.15, -0.1) is 0 Å². The molecule has 2 unspecified atom stereocenters. The molecule has 2 bridgehead atoms. The van der Waals surface area contributed by atoms with Gasteiger partial charge in [0.15, 0.2) is 11.6 Å². The number of thioether (sulfide) groups is 1. The second-order valence-corrected chi connectivity index (χ2v) is 10.7. The molecule has 0 spiro atoms. The van der Waals surface area contributed by atoms with Crippen LogP contribution in [0, 0.1) is 23.4 Å². The van der Waals surface area contributed by atoms with Crippen LogP contribution in [0.4, 0.5) is 18.0 Å². The average molecular weight is 518 g/mol. The van der Waals surface area contributed by atoms with E-state index in [1.165, 1.54) is 4.90 Å². The number of fused-ring (bicyclic) bond motifs is 2. The molecule has 0 radical (unpaired) electrons. The number of piperidine rings is 1. The maximum absolute atomic E-state index is 14.1. The van der Waals surface area contributed by atoms with Gasteiger partial charge in [0.05, 0.1) is 12.3 Å². The minimum Gasteiger partial charge on any atom is -0.333 e. The highest BCUT2D eigenvalue weighted by Crippen LogP contribution is 2.41. The number of hydrogen-bond acceptors (Lipinski definition) is 5. The van der Waals surface area contributed by atoms with Gasteiger partial charge >= 0.3 is 0 Å². The number of hydrogen-bond donors (Lipinski definition) is 1. The number of nitrogens with two attached hydrogens (primary N) is 1. The molecular formula is C26H26F3N3O3S. The van der Waals surface area contributed by atoms with Gasteiger partial charge in [-0.2, -0.15) is 0 Å². The average Bonchev–Trinajstić information content (AvgIpc) is 3.31. The van der Waals surface area contributed by atoms with Crippen LogP contribution in [0.3, 0.4) is 0 Å². The summed E-state index contributed by atoms with van der Waals surface area (Å²) in [6.45, 7) is 0.187. The molecule has 0 aromatic heterocycles. The molecule has 3 saturated heterocycles. The summed E-state index contributed by atoms with van der Waals surface area (Å²) in [4.78, 5) is 40.1. The molecule has 0 saturated carbocycles. The van der Waals surface area contributed by atoms with Gasteiger partial charge < -0.3 is 10.6 Å². The first-order valence-corrected chi connectivity index (χ1v) is 13.0. The molecule has 5 rings (SSSR count). The number of halogens is 3. The van der Waals surface area contributed by atoms with Gasteiger partial charge in [-0.1, -0.05) is 23.9 Å². The molecule has 3 aliphatic rings. The number of benzene rings is 2. The second kappa shape index (κ2) is 9.89. The molecule has 3 amide bonds. The van der Waals surface area contributed by atoms with Crippen molar-refractivity contribution in [2.45, 2.75) is 56.8 Å². The van der Waals surface area contributed by atoms with Crippen molar-refractivity contribution in [3.63, 3.8) is 0 Å². The van der Waals surface area contributed by atoms with Crippen molar-refractivity contribution >= 4 is 28.8 Å². The SMILES string of the molecule is N[C@H](Cc1cc(F)c(F)cc1F)C1CC2CCC(C1)N2C(=O)c1ccc(CN2C(=O)CSC2=O)cc1. The number of amides is 3. The van der Waals surface area contributed by atoms with Crippen LogP contribution in [0.2, 0.25) is 0 Å². The highest BCUT2D eigenvalue weighted by atomic mass is 32.2. The Hall–Kier alpha value is -2.85. The summed E-state index contributed by atoms with van der Waals surface area (Å²) >= 11 is 0.989. The minimum atomic E-state index is -1.22. The number of carbonyl (C=O) groups is 3. The molecule has 10 heteroatoms. The third-order valence-corrected chi connectivity index (χ3v) is 8.40. The zero-order valence-electron chi connectivity index (χ0n) is 19.5. The standard InChI is InChI=1S/C26H26F3N3O3S/c27-20-11-22(29)21(28)9-16(20)10-23(30)17-7-18-5-6-19(8-17)32(18)25(34)15-3-1-14(2-4-15)12-31-24(33)13-36-26(31)35/h1-4,9,11,17-19,23H,5-8,10,12-13,30H2/t17?,18?,19?,23-/m1/s1. The summed E-state index contributed by atoms with van der Waals surface area (Å²) in [7, 11) is 0. The van der Waals surface area contributed by atoms with E-state index in [2.05, 4.69) is 0 Å². The first-order chi connectivity index (χ1) is 17.2. The molecule has 3 aliphatic heterocycles. The van der Waals surface area contributed by atoms with Crippen LogP contribution in [0.5, 0.6) is 0 Å². The lowest BCUT2D eigenvalue weighted by molar-refractivity contribution is -0.125. The lowest BCUT2D eigenvalue weighted by Crippen LogP contribution is -2.50. The van der Waals surface area contributed by atoms with Crippen molar-refractivity contribution in [3.8, 4) is 0 Å². The van der Waals surface area contributed by atoms with E-state index in [-0.39, 0.29) is 59.3 Å². The maximum atomic E-state index is 14.1. The Morgan fingerprint density at radius 1 is 1.00 bits per heavy atom. The molecule has 3 fully saturated rings. The molecule has 3 heterocycles. The normalized spacial score (nSPS) is 24.5. The van der Waals surface area contributed by atoms with E-state index in [4.69, 9.17) is 5.73 Å². The van der Waals surface area contributed by atoms with Crippen LogP contribution in [-0.4, -0.2) is 50.7 Å². The predicted octanol–water partition coefficient (Wildman–Crippen LogP) is 4.25. The van der Waals surface area contributed by atoms with E-state index in [0.29, 0.717) is 24.5 Å². The third-order valence-electron chi connectivity index (χ3n) is 7.54. The van der Waals surface area contributed by atoms with Crippen molar-refractivity contribution < 1.29 is 27.6 Å². The van der Waals surface area contributed by atoms with E-state index in [1.54, 1.807) is 24.3 Å². The Balaban J connectivity index is 1.22. The fourth-order valence-corrected chi connectivity index (χ4v) is 6.38. The van der Waals surface area contributed by atoms with Crippen LogP contribution in [0.25, 0.3) is 0 Å². The highest BCUT2D eigenvalue weighted by molar-refractivity contribution is 8.14. The maximum Gasteiger partial charge on any atom is 0.289 e. The summed E-state index contributed by atoms with van der Waals surface area (Å²) in [5, 5.41) is -0.259.